The van der Waals surface area contributed by atoms with Crippen LogP contribution in [-0.4, -0.2) is 65.3 Å². The minimum atomic E-state index is -0.506. The summed E-state index contributed by atoms with van der Waals surface area (Å²) in [6.07, 6.45) is 8.10. The Bertz CT molecular complexity index is 711. The molecule has 174 valence electrons. The van der Waals surface area contributed by atoms with Gasteiger partial charge in [0.05, 0.1) is 0 Å². The van der Waals surface area contributed by atoms with E-state index in [1.54, 1.807) is 6.07 Å². The molecule has 0 radical (unpaired) electrons. The molecule has 0 aromatic heterocycles. The topological polar surface area (TPSA) is 91.0 Å². The maximum atomic E-state index is 14.1. The average Bonchev–Trinajstić information content (AvgIpc) is 3.03. The van der Waals surface area contributed by atoms with Gasteiger partial charge in [0.2, 0.25) is 0 Å². The van der Waals surface area contributed by atoms with E-state index in [9.17, 15) is 4.39 Å². The Balaban J connectivity index is 1.66. The fourth-order valence-electron chi connectivity index (χ4n) is 5.85. The lowest BCUT2D eigenvalue weighted by Gasteiger charge is -2.57. The molecule has 1 aromatic rings. The zero-order valence-corrected chi connectivity index (χ0v) is 18.9. The zero-order valence-electron chi connectivity index (χ0n) is 18.9. The number of nitrogens with zero attached hydrogens (tertiary/aromatic N) is 4. The Morgan fingerprint density at radius 2 is 1.68 bits per heavy atom. The minimum Gasteiger partial charge on any atom is -0.315 e. The molecule has 7 nitrogen and oxygen atoms in total. The van der Waals surface area contributed by atoms with Crippen LogP contribution in [0.2, 0.25) is 0 Å². The van der Waals surface area contributed by atoms with Gasteiger partial charge in [-0.3, -0.25) is 16.4 Å². The van der Waals surface area contributed by atoms with Crippen LogP contribution >= 0.6 is 0 Å². The number of likely N-dealkylation sites (N-methyl/N-ethyl adjacent to an activating group) is 1. The minimum absolute atomic E-state index is 0.285. The molecule has 0 bridgehead atoms. The van der Waals surface area contributed by atoms with Crippen molar-refractivity contribution in [3.63, 3.8) is 0 Å². The van der Waals surface area contributed by atoms with Gasteiger partial charge in [0.15, 0.2) is 0 Å². The summed E-state index contributed by atoms with van der Waals surface area (Å²) >= 11 is 0. The van der Waals surface area contributed by atoms with Crippen molar-refractivity contribution in [1.82, 2.24) is 14.7 Å². The molecule has 31 heavy (non-hydrogen) atoms. The second kappa shape index (κ2) is 10.1. The lowest BCUT2D eigenvalue weighted by atomic mass is 10.1. The van der Waals surface area contributed by atoms with Crippen molar-refractivity contribution in [2.24, 2.45) is 17.2 Å². The summed E-state index contributed by atoms with van der Waals surface area (Å²) in [5, 5.41) is 0. The van der Waals surface area contributed by atoms with E-state index in [0.29, 0.717) is 17.8 Å². The Morgan fingerprint density at radius 1 is 0.935 bits per heavy atom. The first-order valence-electron chi connectivity index (χ1n) is 12.1. The highest BCUT2D eigenvalue weighted by molar-refractivity contribution is 5.48. The fraction of sp³-hybridized carbons (Fsp3) is 0.739. The van der Waals surface area contributed by atoms with Gasteiger partial charge < -0.3 is 10.6 Å². The SMILES string of the molecule is CCN1CCCC1CN1C(N)N(c2cccc(F)c2)C(N)N(C2CCCCCC2)C1N. The van der Waals surface area contributed by atoms with E-state index in [2.05, 4.69) is 21.6 Å². The first-order chi connectivity index (χ1) is 15.0. The second-order valence-electron chi connectivity index (χ2n) is 9.34. The first-order valence-corrected chi connectivity index (χ1v) is 12.1. The van der Waals surface area contributed by atoms with E-state index in [1.165, 1.54) is 44.2 Å². The van der Waals surface area contributed by atoms with Crippen molar-refractivity contribution in [1.29, 1.82) is 0 Å². The quantitative estimate of drug-likeness (QED) is 0.613. The van der Waals surface area contributed by atoms with Crippen molar-refractivity contribution < 1.29 is 4.39 Å². The Morgan fingerprint density at radius 3 is 2.35 bits per heavy atom. The van der Waals surface area contributed by atoms with E-state index < -0.39 is 12.6 Å². The highest BCUT2D eigenvalue weighted by atomic mass is 19.1. The van der Waals surface area contributed by atoms with Crippen molar-refractivity contribution in [3.05, 3.63) is 30.1 Å². The van der Waals surface area contributed by atoms with Crippen LogP contribution in [0.1, 0.15) is 58.3 Å². The van der Waals surface area contributed by atoms with Crippen LogP contribution in [0.4, 0.5) is 10.1 Å². The van der Waals surface area contributed by atoms with Gasteiger partial charge in [-0.1, -0.05) is 38.7 Å². The molecule has 1 aliphatic carbocycles. The van der Waals surface area contributed by atoms with Gasteiger partial charge in [0.25, 0.3) is 0 Å². The molecule has 6 N–H and O–H groups in total. The molecule has 1 aromatic carbocycles. The van der Waals surface area contributed by atoms with Gasteiger partial charge in [0, 0.05) is 24.3 Å². The van der Waals surface area contributed by atoms with Crippen molar-refractivity contribution in [3.8, 4) is 0 Å². The Kier molecular flexibility index (Phi) is 7.46. The van der Waals surface area contributed by atoms with Gasteiger partial charge in [-0.25, -0.2) is 14.2 Å². The standard InChI is InChI=1S/C23H40FN7/c1-2-28-14-8-13-20(28)16-29-21(25)30(18-10-5-3-4-6-11-18)23(27)31(22(29)26)19-12-7-9-17(24)15-19/h7,9,12,15,18,20-23H,2-6,8,10-11,13-14,16,25-27H2,1H3. The monoisotopic (exact) mass is 433 g/mol. The number of anilines is 1. The van der Waals surface area contributed by atoms with Crippen LogP contribution in [0.15, 0.2) is 24.3 Å². The predicted molar refractivity (Wildman–Crippen MR) is 123 cm³/mol. The molecule has 3 fully saturated rings. The Labute approximate surface area is 186 Å². The lowest BCUT2D eigenvalue weighted by Crippen LogP contribution is -2.80. The molecule has 2 saturated heterocycles. The third-order valence-corrected chi connectivity index (χ3v) is 7.54. The molecule has 0 amide bonds. The Hall–Kier alpha value is -1.29. The highest BCUT2D eigenvalue weighted by Gasteiger charge is 2.46. The third kappa shape index (κ3) is 4.74. The number of rotatable bonds is 5. The molecule has 4 rings (SSSR count). The number of likely N-dealkylation sites (tertiary alicyclic amines) is 1. The van der Waals surface area contributed by atoms with Crippen LogP contribution < -0.4 is 22.1 Å². The van der Waals surface area contributed by atoms with Crippen LogP contribution in [0.3, 0.4) is 0 Å². The maximum absolute atomic E-state index is 14.1. The summed E-state index contributed by atoms with van der Waals surface area (Å²) in [4.78, 5) is 8.88. The van der Waals surface area contributed by atoms with Gasteiger partial charge >= 0.3 is 0 Å². The molecule has 3 aliphatic rings. The van der Waals surface area contributed by atoms with Crippen molar-refractivity contribution in [2.45, 2.75) is 89.2 Å². The average molecular weight is 434 g/mol. The molecule has 4 unspecified atom stereocenters. The van der Waals surface area contributed by atoms with Crippen molar-refractivity contribution >= 4 is 5.69 Å². The maximum Gasteiger partial charge on any atom is 0.139 e. The van der Waals surface area contributed by atoms with Gasteiger partial charge in [-0.05, 0) is 57.0 Å². The van der Waals surface area contributed by atoms with E-state index in [1.807, 2.05) is 11.0 Å². The number of nitrogens with two attached hydrogens (primary N) is 3. The van der Waals surface area contributed by atoms with E-state index in [4.69, 9.17) is 17.2 Å². The highest BCUT2D eigenvalue weighted by Crippen LogP contribution is 2.33. The van der Waals surface area contributed by atoms with Crippen LogP contribution in [-0.2, 0) is 0 Å². The zero-order chi connectivity index (χ0) is 22.0. The van der Waals surface area contributed by atoms with Gasteiger partial charge in [-0.15, -0.1) is 0 Å². The third-order valence-electron chi connectivity index (χ3n) is 7.54. The number of hydrogen-bond donors (Lipinski definition) is 3. The first kappa shape index (κ1) is 22.9. The van der Waals surface area contributed by atoms with Crippen LogP contribution in [0.25, 0.3) is 0 Å². The molecular weight excluding hydrogens is 393 g/mol. The van der Waals surface area contributed by atoms with Crippen LogP contribution in [0.5, 0.6) is 0 Å². The smallest absolute Gasteiger partial charge is 0.139 e. The van der Waals surface area contributed by atoms with Crippen molar-refractivity contribution in [2.75, 3.05) is 24.5 Å². The summed E-state index contributed by atoms with van der Waals surface area (Å²) in [7, 11) is 0. The number of halogens is 1. The molecule has 1 saturated carbocycles. The molecule has 4 atom stereocenters. The molecular formula is C23H40FN7. The predicted octanol–water partition coefficient (Wildman–Crippen LogP) is 2.18. The van der Waals surface area contributed by atoms with E-state index >= 15 is 0 Å². The van der Waals surface area contributed by atoms with Gasteiger partial charge in [0.1, 0.15) is 24.7 Å². The molecule has 2 heterocycles. The lowest BCUT2D eigenvalue weighted by molar-refractivity contribution is -0.0917. The summed E-state index contributed by atoms with van der Waals surface area (Å²) in [5.74, 6) is -0.285. The van der Waals surface area contributed by atoms with E-state index in [-0.39, 0.29) is 12.1 Å². The number of hydrogen-bond acceptors (Lipinski definition) is 7. The summed E-state index contributed by atoms with van der Waals surface area (Å²) in [6.45, 7) is 5.15. The molecule has 8 heteroatoms. The largest absolute Gasteiger partial charge is 0.315 e. The van der Waals surface area contributed by atoms with E-state index in [0.717, 1.165) is 38.9 Å². The normalized spacial score (nSPS) is 32.5. The summed E-state index contributed by atoms with van der Waals surface area (Å²) in [6, 6.07) is 7.32. The van der Waals surface area contributed by atoms with Gasteiger partial charge in [-0.2, -0.15) is 0 Å². The fourth-order valence-corrected chi connectivity index (χ4v) is 5.85. The molecule has 0 spiro atoms. The van der Waals surface area contributed by atoms with Crippen LogP contribution in [0, 0.1) is 5.82 Å². The summed E-state index contributed by atoms with van der Waals surface area (Å²) < 4.78 is 14.1. The number of benzene rings is 1. The molecule has 2 aliphatic heterocycles. The second-order valence-corrected chi connectivity index (χ2v) is 9.34. The summed E-state index contributed by atoms with van der Waals surface area (Å²) in [5.41, 5.74) is 21.2.